The van der Waals surface area contributed by atoms with Gasteiger partial charge in [0, 0.05) is 51.9 Å². The van der Waals surface area contributed by atoms with Crippen molar-refractivity contribution >= 4 is 35.8 Å². The standard InChI is InChI=1S/C20H33N5O.HI/c1-15(25(5)18-9-10-18)14-23-20(21-2)22-12-11-16-7-6-8-17(13-16)19(26)24(3)4;/h6-8,13,15,18H,9-12,14H2,1-5H3,(H2,21,22,23);1H. The Morgan fingerprint density at radius 2 is 1.96 bits per heavy atom. The van der Waals surface area contributed by atoms with Crippen molar-refractivity contribution in [3.8, 4) is 0 Å². The average Bonchev–Trinajstić information content (AvgIpc) is 3.48. The van der Waals surface area contributed by atoms with Crippen LogP contribution in [0, 0.1) is 0 Å². The van der Waals surface area contributed by atoms with Gasteiger partial charge in [-0.25, -0.2) is 0 Å². The molecule has 1 aromatic rings. The van der Waals surface area contributed by atoms with Gasteiger partial charge in [-0.15, -0.1) is 24.0 Å². The molecule has 7 heteroatoms. The van der Waals surface area contributed by atoms with Gasteiger partial charge in [0.1, 0.15) is 0 Å². The normalized spacial score (nSPS) is 15.1. The van der Waals surface area contributed by atoms with Crippen molar-refractivity contribution in [1.29, 1.82) is 0 Å². The number of likely N-dealkylation sites (N-methyl/N-ethyl adjacent to an activating group) is 1. The third-order valence-corrected chi connectivity index (χ3v) is 4.89. The molecule has 1 unspecified atom stereocenters. The molecule has 0 spiro atoms. The first-order valence-electron chi connectivity index (χ1n) is 9.39. The number of benzene rings is 1. The first-order chi connectivity index (χ1) is 12.4. The Hall–Kier alpha value is -1.35. The zero-order valence-corrected chi connectivity index (χ0v) is 19.5. The average molecular weight is 487 g/mol. The van der Waals surface area contributed by atoms with Crippen molar-refractivity contribution in [2.24, 2.45) is 4.99 Å². The topological polar surface area (TPSA) is 60.0 Å². The molecular formula is C20H34IN5O. The lowest BCUT2D eigenvalue weighted by molar-refractivity contribution is 0.0827. The highest BCUT2D eigenvalue weighted by Gasteiger charge is 2.28. The molecule has 1 aliphatic carbocycles. The minimum atomic E-state index is 0. The van der Waals surface area contributed by atoms with Crippen LogP contribution in [0.4, 0.5) is 0 Å². The molecule has 6 nitrogen and oxygen atoms in total. The van der Waals surface area contributed by atoms with E-state index in [2.05, 4.69) is 40.6 Å². The van der Waals surface area contributed by atoms with Crippen molar-refractivity contribution in [2.45, 2.75) is 38.3 Å². The molecule has 0 saturated heterocycles. The van der Waals surface area contributed by atoms with Crippen LogP contribution in [-0.4, -0.2) is 75.0 Å². The fourth-order valence-corrected chi connectivity index (χ4v) is 2.89. The number of hydrogen-bond donors (Lipinski definition) is 2. The van der Waals surface area contributed by atoms with Crippen LogP contribution in [0.5, 0.6) is 0 Å². The van der Waals surface area contributed by atoms with E-state index >= 15 is 0 Å². The van der Waals surface area contributed by atoms with Gasteiger partial charge >= 0.3 is 0 Å². The van der Waals surface area contributed by atoms with E-state index in [1.807, 2.05) is 18.2 Å². The minimum absolute atomic E-state index is 0. The second-order valence-corrected chi connectivity index (χ2v) is 7.28. The highest BCUT2D eigenvalue weighted by Crippen LogP contribution is 2.26. The summed E-state index contributed by atoms with van der Waals surface area (Å²) in [5, 5.41) is 6.75. The van der Waals surface area contributed by atoms with Crippen LogP contribution in [0.15, 0.2) is 29.3 Å². The fraction of sp³-hybridized carbons (Fsp3) is 0.600. The van der Waals surface area contributed by atoms with Crippen molar-refractivity contribution in [3.63, 3.8) is 0 Å². The smallest absolute Gasteiger partial charge is 0.253 e. The summed E-state index contributed by atoms with van der Waals surface area (Å²) in [5.41, 5.74) is 1.87. The monoisotopic (exact) mass is 487 g/mol. The minimum Gasteiger partial charge on any atom is -0.356 e. The second kappa shape index (κ2) is 11.5. The van der Waals surface area contributed by atoms with Gasteiger partial charge in [-0.3, -0.25) is 14.7 Å². The number of rotatable bonds is 8. The molecule has 0 heterocycles. The highest BCUT2D eigenvalue weighted by molar-refractivity contribution is 14.0. The lowest BCUT2D eigenvalue weighted by atomic mass is 10.1. The molecule has 1 fully saturated rings. The second-order valence-electron chi connectivity index (χ2n) is 7.28. The van der Waals surface area contributed by atoms with Crippen LogP contribution in [-0.2, 0) is 6.42 Å². The van der Waals surface area contributed by atoms with Crippen LogP contribution in [0.3, 0.4) is 0 Å². The lowest BCUT2D eigenvalue weighted by Gasteiger charge is -2.25. The van der Waals surface area contributed by atoms with Gasteiger partial charge in [-0.1, -0.05) is 12.1 Å². The Morgan fingerprint density at radius 3 is 2.56 bits per heavy atom. The van der Waals surface area contributed by atoms with E-state index in [0.717, 1.165) is 42.6 Å². The molecule has 1 saturated carbocycles. The number of carbonyl (C=O) groups is 1. The number of halogens is 1. The van der Waals surface area contributed by atoms with Gasteiger partial charge in [0.25, 0.3) is 5.91 Å². The van der Waals surface area contributed by atoms with Gasteiger partial charge in [0.2, 0.25) is 0 Å². The first kappa shape index (κ1) is 23.7. The molecule has 1 aromatic carbocycles. The van der Waals surface area contributed by atoms with Gasteiger partial charge in [-0.2, -0.15) is 0 Å². The Labute approximate surface area is 180 Å². The third kappa shape index (κ3) is 7.65. The van der Waals surface area contributed by atoms with Gasteiger partial charge in [0.05, 0.1) is 0 Å². The number of nitrogens with one attached hydrogen (secondary N) is 2. The van der Waals surface area contributed by atoms with Crippen LogP contribution in [0.1, 0.15) is 35.7 Å². The van der Waals surface area contributed by atoms with E-state index in [-0.39, 0.29) is 29.9 Å². The Balaban J connectivity index is 0.00000364. The Morgan fingerprint density at radius 1 is 1.26 bits per heavy atom. The van der Waals surface area contributed by atoms with Crippen LogP contribution < -0.4 is 10.6 Å². The molecule has 152 valence electrons. The van der Waals surface area contributed by atoms with E-state index in [1.165, 1.54) is 12.8 Å². The summed E-state index contributed by atoms with van der Waals surface area (Å²) in [6.45, 7) is 3.89. The molecular weight excluding hydrogens is 453 g/mol. The summed E-state index contributed by atoms with van der Waals surface area (Å²) in [4.78, 5) is 20.4. The van der Waals surface area contributed by atoms with E-state index in [9.17, 15) is 4.79 Å². The van der Waals surface area contributed by atoms with Crippen molar-refractivity contribution in [3.05, 3.63) is 35.4 Å². The largest absolute Gasteiger partial charge is 0.356 e. The summed E-state index contributed by atoms with van der Waals surface area (Å²) in [7, 11) is 7.53. The van der Waals surface area contributed by atoms with Crippen LogP contribution in [0.2, 0.25) is 0 Å². The Bertz CT molecular complexity index is 631. The molecule has 0 radical (unpaired) electrons. The number of nitrogens with zero attached hydrogens (tertiary/aromatic N) is 3. The van der Waals surface area contributed by atoms with Crippen molar-refractivity contribution in [2.75, 3.05) is 41.3 Å². The molecule has 27 heavy (non-hydrogen) atoms. The van der Waals surface area contributed by atoms with E-state index in [1.54, 1.807) is 26.0 Å². The number of hydrogen-bond acceptors (Lipinski definition) is 3. The lowest BCUT2D eigenvalue weighted by Crippen LogP contribution is -2.45. The molecule has 0 aliphatic heterocycles. The molecule has 2 N–H and O–H groups in total. The maximum Gasteiger partial charge on any atom is 0.253 e. The third-order valence-electron chi connectivity index (χ3n) is 4.89. The van der Waals surface area contributed by atoms with Crippen molar-refractivity contribution < 1.29 is 4.79 Å². The number of guanidine groups is 1. The molecule has 1 atom stereocenters. The van der Waals surface area contributed by atoms with E-state index in [0.29, 0.717) is 6.04 Å². The van der Waals surface area contributed by atoms with E-state index < -0.39 is 0 Å². The van der Waals surface area contributed by atoms with Crippen LogP contribution >= 0.6 is 24.0 Å². The maximum atomic E-state index is 12.1. The molecule has 1 aliphatic rings. The highest BCUT2D eigenvalue weighted by atomic mass is 127. The summed E-state index contributed by atoms with van der Waals surface area (Å²) >= 11 is 0. The zero-order valence-electron chi connectivity index (χ0n) is 17.2. The molecule has 0 bridgehead atoms. The predicted octanol–water partition coefficient (Wildman–Crippen LogP) is 2.20. The van der Waals surface area contributed by atoms with Crippen LogP contribution in [0.25, 0.3) is 0 Å². The summed E-state index contributed by atoms with van der Waals surface area (Å²) in [6.07, 6.45) is 3.49. The predicted molar refractivity (Wildman–Crippen MR) is 123 cm³/mol. The summed E-state index contributed by atoms with van der Waals surface area (Å²) < 4.78 is 0. The molecule has 0 aromatic heterocycles. The summed E-state index contributed by atoms with van der Waals surface area (Å²) in [5.74, 6) is 0.854. The van der Waals surface area contributed by atoms with Gasteiger partial charge in [0.15, 0.2) is 5.96 Å². The summed E-state index contributed by atoms with van der Waals surface area (Å²) in [6, 6.07) is 9.06. The molecule has 2 rings (SSSR count). The fourth-order valence-electron chi connectivity index (χ4n) is 2.89. The number of aliphatic imine (C=N–C) groups is 1. The SMILES string of the molecule is CN=C(NCCc1cccc(C(=O)N(C)C)c1)NCC(C)N(C)C1CC1.I. The molecule has 1 amide bonds. The number of amides is 1. The van der Waals surface area contributed by atoms with Crippen molar-refractivity contribution in [1.82, 2.24) is 20.4 Å². The quantitative estimate of drug-likeness (QED) is 0.336. The zero-order chi connectivity index (χ0) is 19.1. The Kier molecular flexibility index (Phi) is 10.1. The van der Waals surface area contributed by atoms with Gasteiger partial charge in [-0.05, 0) is 50.9 Å². The maximum absolute atomic E-state index is 12.1. The van der Waals surface area contributed by atoms with Gasteiger partial charge < -0.3 is 15.5 Å². The number of carbonyl (C=O) groups excluding carboxylic acids is 1. The first-order valence-corrected chi connectivity index (χ1v) is 9.39. The van der Waals surface area contributed by atoms with E-state index in [4.69, 9.17) is 0 Å².